The van der Waals surface area contributed by atoms with Gasteiger partial charge < -0.3 is 5.32 Å². The molecule has 0 aliphatic carbocycles. The standard InChI is InChI=1S/C8H15NO/c1-6(2)5-7-3-4-9-8(7)10/h6-7H,3-5H2,1-2H3,(H,9,10)/t7-/m1/s1. The molecule has 1 rings (SSSR count). The van der Waals surface area contributed by atoms with Gasteiger partial charge in [-0.05, 0) is 18.8 Å². The van der Waals surface area contributed by atoms with E-state index in [4.69, 9.17) is 0 Å². The number of rotatable bonds is 2. The Bertz CT molecular complexity index is 131. The molecule has 1 N–H and O–H groups in total. The highest BCUT2D eigenvalue weighted by atomic mass is 16.2. The van der Waals surface area contributed by atoms with Gasteiger partial charge in [-0.1, -0.05) is 13.8 Å². The predicted molar refractivity (Wildman–Crippen MR) is 40.6 cm³/mol. The summed E-state index contributed by atoms with van der Waals surface area (Å²) in [5.41, 5.74) is 0. The molecule has 1 aliphatic heterocycles. The van der Waals surface area contributed by atoms with Crippen LogP contribution in [-0.4, -0.2) is 12.5 Å². The Kier molecular flexibility index (Phi) is 2.30. The fourth-order valence-electron chi connectivity index (χ4n) is 1.44. The molecular formula is C8H15NO. The van der Waals surface area contributed by atoms with Crippen LogP contribution in [0.1, 0.15) is 26.7 Å². The predicted octanol–water partition coefficient (Wildman–Crippen LogP) is 1.17. The minimum absolute atomic E-state index is 0.258. The van der Waals surface area contributed by atoms with Gasteiger partial charge in [-0.2, -0.15) is 0 Å². The average molecular weight is 141 g/mol. The van der Waals surface area contributed by atoms with E-state index in [-0.39, 0.29) is 5.91 Å². The first kappa shape index (κ1) is 7.58. The van der Waals surface area contributed by atoms with E-state index >= 15 is 0 Å². The third-order valence-electron chi connectivity index (χ3n) is 1.92. The molecule has 0 saturated carbocycles. The summed E-state index contributed by atoms with van der Waals surface area (Å²) in [5.74, 6) is 1.21. The van der Waals surface area contributed by atoms with E-state index in [1.165, 1.54) is 0 Å². The SMILES string of the molecule is CC(C)C[C@H]1CCNC1=O. The molecule has 58 valence electrons. The first-order valence-corrected chi connectivity index (χ1v) is 3.98. The zero-order valence-corrected chi connectivity index (χ0v) is 6.68. The number of amides is 1. The van der Waals surface area contributed by atoms with E-state index in [9.17, 15) is 4.79 Å². The van der Waals surface area contributed by atoms with Gasteiger partial charge in [0.25, 0.3) is 0 Å². The molecule has 1 fully saturated rings. The quantitative estimate of drug-likeness (QED) is 0.614. The lowest BCUT2D eigenvalue weighted by Crippen LogP contribution is -2.19. The van der Waals surface area contributed by atoms with Crippen molar-refractivity contribution in [1.82, 2.24) is 5.32 Å². The van der Waals surface area contributed by atoms with Crippen molar-refractivity contribution < 1.29 is 4.79 Å². The summed E-state index contributed by atoms with van der Waals surface area (Å²) >= 11 is 0. The lowest BCUT2D eigenvalue weighted by atomic mass is 9.96. The summed E-state index contributed by atoms with van der Waals surface area (Å²) < 4.78 is 0. The Morgan fingerprint density at radius 2 is 2.40 bits per heavy atom. The third-order valence-corrected chi connectivity index (χ3v) is 1.92. The van der Waals surface area contributed by atoms with Crippen LogP contribution < -0.4 is 5.32 Å². The topological polar surface area (TPSA) is 29.1 Å². The van der Waals surface area contributed by atoms with Gasteiger partial charge in [0.15, 0.2) is 0 Å². The highest BCUT2D eigenvalue weighted by molar-refractivity contribution is 5.80. The van der Waals surface area contributed by atoms with Crippen molar-refractivity contribution in [2.45, 2.75) is 26.7 Å². The molecule has 0 unspecified atom stereocenters. The first-order valence-electron chi connectivity index (χ1n) is 3.98. The second-order valence-electron chi connectivity index (χ2n) is 3.41. The first-order chi connectivity index (χ1) is 4.70. The lowest BCUT2D eigenvalue weighted by molar-refractivity contribution is -0.122. The molecule has 1 amide bonds. The Labute approximate surface area is 62.0 Å². The molecule has 2 nitrogen and oxygen atoms in total. The number of carbonyl (C=O) groups excluding carboxylic acids is 1. The van der Waals surface area contributed by atoms with Gasteiger partial charge in [-0.25, -0.2) is 0 Å². The van der Waals surface area contributed by atoms with Gasteiger partial charge in [-0.15, -0.1) is 0 Å². The molecule has 0 aromatic heterocycles. The summed E-state index contributed by atoms with van der Waals surface area (Å²) in [6, 6.07) is 0. The van der Waals surface area contributed by atoms with Crippen molar-refractivity contribution >= 4 is 5.91 Å². The van der Waals surface area contributed by atoms with Crippen LogP contribution in [0.15, 0.2) is 0 Å². The highest BCUT2D eigenvalue weighted by Gasteiger charge is 2.24. The molecule has 2 heteroatoms. The fourth-order valence-corrected chi connectivity index (χ4v) is 1.44. The van der Waals surface area contributed by atoms with E-state index < -0.39 is 0 Å². The van der Waals surface area contributed by atoms with Gasteiger partial charge >= 0.3 is 0 Å². The zero-order valence-electron chi connectivity index (χ0n) is 6.68. The van der Waals surface area contributed by atoms with Crippen molar-refractivity contribution in [3.63, 3.8) is 0 Å². The molecule has 0 spiro atoms. The molecule has 1 heterocycles. The molecule has 1 atom stereocenters. The van der Waals surface area contributed by atoms with Crippen molar-refractivity contribution in [3.05, 3.63) is 0 Å². The number of hydrogen-bond donors (Lipinski definition) is 1. The maximum absolute atomic E-state index is 11.0. The maximum Gasteiger partial charge on any atom is 0.223 e. The van der Waals surface area contributed by atoms with Crippen LogP contribution in [0.2, 0.25) is 0 Å². The van der Waals surface area contributed by atoms with Gasteiger partial charge in [0, 0.05) is 12.5 Å². The molecule has 1 aliphatic rings. The van der Waals surface area contributed by atoms with Crippen LogP contribution >= 0.6 is 0 Å². The van der Waals surface area contributed by atoms with E-state index in [1.54, 1.807) is 0 Å². The Balaban J connectivity index is 2.33. The largest absolute Gasteiger partial charge is 0.356 e. The Morgan fingerprint density at radius 3 is 2.80 bits per heavy atom. The number of nitrogens with one attached hydrogen (secondary N) is 1. The second kappa shape index (κ2) is 3.04. The Morgan fingerprint density at radius 1 is 1.70 bits per heavy atom. The third kappa shape index (κ3) is 1.72. The molecule has 1 saturated heterocycles. The van der Waals surface area contributed by atoms with E-state index in [0.717, 1.165) is 19.4 Å². The minimum atomic E-state index is 0.258. The summed E-state index contributed by atoms with van der Waals surface area (Å²) in [5, 5.41) is 2.84. The number of hydrogen-bond acceptors (Lipinski definition) is 1. The van der Waals surface area contributed by atoms with Crippen molar-refractivity contribution in [2.75, 3.05) is 6.54 Å². The van der Waals surface area contributed by atoms with E-state index in [2.05, 4.69) is 19.2 Å². The average Bonchev–Trinajstić information content (AvgIpc) is 2.15. The molecule has 10 heavy (non-hydrogen) atoms. The van der Waals surface area contributed by atoms with Crippen LogP contribution in [0.3, 0.4) is 0 Å². The van der Waals surface area contributed by atoms with Gasteiger partial charge in [0.2, 0.25) is 5.91 Å². The summed E-state index contributed by atoms with van der Waals surface area (Å²) in [6.45, 7) is 5.20. The van der Waals surface area contributed by atoms with Crippen LogP contribution in [0.5, 0.6) is 0 Å². The van der Waals surface area contributed by atoms with Crippen molar-refractivity contribution in [3.8, 4) is 0 Å². The van der Waals surface area contributed by atoms with Gasteiger partial charge in [0.1, 0.15) is 0 Å². The van der Waals surface area contributed by atoms with E-state index in [1.807, 2.05) is 0 Å². The van der Waals surface area contributed by atoms with Crippen LogP contribution in [0.25, 0.3) is 0 Å². The van der Waals surface area contributed by atoms with Crippen molar-refractivity contribution in [1.29, 1.82) is 0 Å². The summed E-state index contributed by atoms with van der Waals surface area (Å²) in [7, 11) is 0. The fraction of sp³-hybridized carbons (Fsp3) is 0.875. The van der Waals surface area contributed by atoms with Crippen LogP contribution in [-0.2, 0) is 4.79 Å². The zero-order chi connectivity index (χ0) is 7.56. The smallest absolute Gasteiger partial charge is 0.223 e. The van der Waals surface area contributed by atoms with Crippen molar-refractivity contribution in [2.24, 2.45) is 11.8 Å². The van der Waals surface area contributed by atoms with Crippen LogP contribution in [0.4, 0.5) is 0 Å². The second-order valence-corrected chi connectivity index (χ2v) is 3.41. The van der Waals surface area contributed by atoms with Gasteiger partial charge in [-0.3, -0.25) is 4.79 Å². The molecule has 0 aromatic carbocycles. The Hall–Kier alpha value is -0.530. The highest BCUT2D eigenvalue weighted by Crippen LogP contribution is 2.18. The minimum Gasteiger partial charge on any atom is -0.356 e. The van der Waals surface area contributed by atoms with Gasteiger partial charge in [0.05, 0.1) is 0 Å². The van der Waals surface area contributed by atoms with E-state index in [0.29, 0.717) is 11.8 Å². The monoisotopic (exact) mass is 141 g/mol. The number of carbonyl (C=O) groups is 1. The molecule has 0 aromatic rings. The molecular weight excluding hydrogens is 126 g/mol. The maximum atomic E-state index is 11.0. The summed E-state index contributed by atoms with van der Waals surface area (Å²) in [4.78, 5) is 11.0. The lowest BCUT2D eigenvalue weighted by Gasteiger charge is -2.08. The van der Waals surface area contributed by atoms with Crippen LogP contribution in [0, 0.1) is 11.8 Å². The molecule has 0 bridgehead atoms. The molecule has 0 radical (unpaired) electrons. The normalized spacial score (nSPS) is 25.5. The summed E-state index contributed by atoms with van der Waals surface area (Å²) in [6.07, 6.45) is 2.09.